The normalized spacial score (nSPS) is 18.7. The van der Waals surface area contributed by atoms with Crippen LogP contribution in [0.3, 0.4) is 0 Å². The predicted octanol–water partition coefficient (Wildman–Crippen LogP) is 3.84. The molecule has 3 aromatic carbocycles. The first-order chi connectivity index (χ1) is 15.6. The van der Waals surface area contributed by atoms with Crippen LogP contribution in [0.4, 0.5) is 0 Å². The Labute approximate surface area is 189 Å². The van der Waals surface area contributed by atoms with Gasteiger partial charge in [-0.05, 0) is 47.5 Å². The van der Waals surface area contributed by atoms with Crippen molar-refractivity contribution in [3.05, 3.63) is 107 Å². The van der Waals surface area contributed by atoms with Gasteiger partial charge in [-0.15, -0.1) is 0 Å². The van der Waals surface area contributed by atoms with Crippen molar-refractivity contribution >= 4 is 17.9 Å². The van der Waals surface area contributed by atoms with Crippen molar-refractivity contribution in [2.75, 3.05) is 27.3 Å². The Kier molecular flexibility index (Phi) is 6.83. The number of ether oxygens (including phenoxy) is 2. The molecule has 0 amide bonds. The number of benzene rings is 3. The molecule has 1 N–H and O–H groups in total. The average molecular weight is 427 g/mol. The molecule has 0 saturated carbocycles. The second kappa shape index (κ2) is 10.1. The lowest BCUT2D eigenvalue weighted by Gasteiger charge is -2.27. The van der Waals surface area contributed by atoms with E-state index in [4.69, 9.17) is 9.47 Å². The number of hydrogen-bond donors (Lipinski definition) is 1. The van der Waals surface area contributed by atoms with Crippen LogP contribution in [-0.2, 0) is 11.3 Å². The van der Waals surface area contributed by atoms with Crippen LogP contribution in [0.15, 0.2) is 90.0 Å². The summed E-state index contributed by atoms with van der Waals surface area (Å²) >= 11 is 0. The molecule has 0 radical (unpaired) electrons. The molecule has 1 aliphatic heterocycles. The summed E-state index contributed by atoms with van der Waals surface area (Å²) < 4.78 is 10.5. The van der Waals surface area contributed by atoms with Crippen LogP contribution < -0.4 is 14.4 Å². The molecular formula is C28H28NO3+. The number of rotatable bonds is 6. The largest absolute Gasteiger partial charge is 0.497 e. The van der Waals surface area contributed by atoms with E-state index in [0.29, 0.717) is 13.1 Å². The first-order valence-corrected chi connectivity index (χ1v) is 10.8. The van der Waals surface area contributed by atoms with Crippen molar-refractivity contribution in [1.29, 1.82) is 0 Å². The van der Waals surface area contributed by atoms with E-state index in [9.17, 15) is 4.79 Å². The number of carbonyl (C=O) groups is 1. The molecule has 1 atom stereocenters. The molecule has 1 unspecified atom stereocenters. The van der Waals surface area contributed by atoms with E-state index in [1.807, 2.05) is 66.7 Å². The van der Waals surface area contributed by atoms with Gasteiger partial charge in [0, 0.05) is 5.56 Å². The molecular weight excluding hydrogens is 398 g/mol. The monoisotopic (exact) mass is 426 g/mol. The number of methoxy groups -OCH3 is 2. The van der Waals surface area contributed by atoms with Crippen LogP contribution in [0.5, 0.6) is 11.5 Å². The van der Waals surface area contributed by atoms with Crippen LogP contribution in [0, 0.1) is 0 Å². The van der Waals surface area contributed by atoms with Crippen LogP contribution in [-0.4, -0.2) is 33.1 Å². The Morgan fingerprint density at radius 2 is 1.19 bits per heavy atom. The number of carbonyl (C=O) groups excluding carboxylic acids is 1. The van der Waals surface area contributed by atoms with Gasteiger partial charge in [0.15, 0.2) is 5.78 Å². The van der Waals surface area contributed by atoms with Crippen molar-refractivity contribution in [3.8, 4) is 11.5 Å². The number of quaternary nitrogens is 1. The van der Waals surface area contributed by atoms with E-state index in [1.54, 1.807) is 14.2 Å². The van der Waals surface area contributed by atoms with Gasteiger partial charge in [0.2, 0.25) is 0 Å². The molecule has 0 aromatic heterocycles. The lowest BCUT2D eigenvalue weighted by Crippen LogP contribution is -3.12. The number of piperidine rings is 1. The summed E-state index contributed by atoms with van der Waals surface area (Å²) in [6.07, 6.45) is 4.02. The molecule has 0 bridgehead atoms. The molecule has 1 saturated heterocycles. The summed E-state index contributed by atoms with van der Waals surface area (Å²) in [5.74, 6) is 1.73. The molecule has 4 heteroatoms. The molecule has 0 aliphatic carbocycles. The zero-order chi connectivity index (χ0) is 22.3. The summed E-state index contributed by atoms with van der Waals surface area (Å²) in [6.45, 7) is 2.26. The first-order valence-electron chi connectivity index (χ1n) is 10.8. The highest BCUT2D eigenvalue weighted by Gasteiger charge is 2.29. The fraction of sp³-hybridized carbons (Fsp3) is 0.179. The smallest absolute Gasteiger partial charge is 0.196 e. The van der Waals surface area contributed by atoms with E-state index < -0.39 is 0 Å². The van der Waals surface area contributed by atoms with Gasteiger partial charge in [-0.2, -0.15) is 0 Å². The Morgan fingerprint density at radius 1 is 0.719 bits per heavy atom. The maximum Gasteiger partial charge on any atom is 0.196 e. The zero-order valence-electron chi connectivity index (χ0n) is 18.5. The van der Waals surface area contributed by atoms with Crippen molar-refractivity contribution in [2.45, 2.75) is 6.54 Å². The lowest BCUT2D eigenvalue weighted by molar-refractivity contribution is -0.904. The first kappa shape index (κ1) is 21.6. The molecule has 4 rings (SSSR count). The predicted molar refractivity (Wildman–Crippen MR) is 128 cm³/mol. The highest BCUT2D eigenvalue weighted by atomic mass is 16.5. The number of nitrogens with one attached hydrogen (secondary N) is 1. The van der Waals surface area contributed by atoms with E-state index in [2.05, 4.69) is 24.3 Å². The SMILES string of the molecule is COc1ccc(/C=C2/C[NH+](Cc3ccccc3)C/C(=C\c3ccc(OC)cc3)C2=O)cc1. The topological polar surface area (TPSA) is 40.0 Å². The van der Waals surface area contributed by atoms with Gasteiger partial charge in [0.25, 0.3) is 0 Å². The van der Waals surface area contributed by atoms with Gasteiger partial charge in [-0.25, -0.2) is 0 Å². The number of Topliss-reactive ketones (excluding diaryl/α,β-unsaturated/α-hetero) is 1. The zero-order valence-corrected chi connectivity index (χ0v) is 18.5. The minimum absolute atomic E-state index is 0.119. The number of ketones is 1. The third-order valence-electron chi connectivity index (χ3n) is 5.67. The minimum Gasteiger partial charge on any atom is -0.497 e. The van der Waals surface area contributed by atoms with Crippen molar-refractivity contribution in [1.82, 2.24) is 0 Å². The molecule has 3 aromatic rings. The average Bonchev–Trinajstić information content (AvgIpc) is 2.83. The van der Waals surface area contributed by atoms with Crippen molar-refractivity contribution in [3.63, 3.8) is 0 Å². The van der Waals surface area contributed by atoms with E-state index in [0.717, 1.165) is 40.3 Å². The highest BCUT2D eigenvalue weighted by molar-refractivity contribution is 6.14. The fourth-order valence-electron chi connectivity index (χ4n) is 4.01. The van der Waals surface area contributed by atoms with Gasteiger partial charge in [0.05, 0.1) is 25.4 Å². The van der Waals surface area contributed by atoms with Crippen molar-refractivity contribution < 1.29 is 19.2 Å². The molecule has 1 fully saturated rings. The standard InChI is InChI=1S/C28H27NO3/c1-31-26-12-8-21(9-13-26)16-24-19-29(18-23-6-4-3-5-7-23)20-25(28(24)30)17-22-10-14-27(32-2)15-11-22/h3-17H,18-20H2,1-2H3/p+1/b24-16-,25-17+. The number of likely N-dealkylation sites (tertiary alicyclic amines) is 1. The molecule has 32 heavy (non-hydrogen) atoms. The molecule has 1 heterocycles. The van der Waals surface area contributed by atoms with Gasteiger partial charge < -0.3 is 14.4 Å². The Bertz CT molecular complexity index is 1040. The third kappa shape index (κ3) is 5.34. The summed E-state index contributed by atoms with van der Waals surface area (Å²) in [4.78, 5) is 14.7. The highest BCUT2D eigenvalue weighted by Crippen LogP contribution is 2.19. The molecule has 4 nitrogen and oxygen atoms in total. The summed E-state index contributed by atoms with van der Waals surface area (Å²) in [5, 5.41) is 0. The second-order valence-corrected chi connectivity index (χ2v) is 7.98. The van der Waals surface area contributed by atoms with Crippen LogP contribution in [0.1, 0.15) is 16.7 Å². The maximum absolute atomic E-state index is 13.4. The molecule has 0 spiro atoms. The number of hydrogen-bond acceptors (Lipinski definition) is 3. The van der Waals surface area contributed by atoms with E-state index in [1.165, 1.54) is 10.5 Å². The van der Waals surface area contributed by atoms with Gasteiger partial charge in [0.1, 0.15) is 31.1 Å². The van der Waals surface area contributed by atoms with Crippen LogP contribution in [0.25, 0.3) is 12.2 Å². The molecule has 162 valence electrons. The Balaban J connectivity index is 1.65. The third-order valence-corrected chi connectivity index (χ3v) is 5.67. The fourth-order valence-corrected chi connectivity index (χ4v) is 4.01. The second-order valence-electron chi connectivity index (χ2n) is 7.98. The maximum atomic E-state index is 13.4. The van der Waals surface area contributed by atoms with Gasteiger partial charge in [-0.3, -0.25) is 4.79 Å². The van der Waals surface area contributed by atoms with Crippen LogP contribution >= 0.6 is 0 Å². The molecule has 1 aliphatic rings. The Hall–Kier alpha value is -3.63. The minimum atomic E-state index is 0.119. The summed E-state index contributed by atoms with van der Waals surface area (Å²) in [6, 6.07) is 26.0. The van der Waals surface area contributed by atoms with Gasteiger partial charge in [-0.1, -0.05) is 54.6 Å². The summed E-state index contributed by atoms with van der Waals surface area (Å²) in [7, 11) is 3.30. The van der Waals surface area contributed by atoms with Crippen LogP contribution in [0.2, 0.25) is 0 Å². The Morgan fingerprint density at radius 3 is 1.62 bits per heavy atom. The van der Waals surface area contributed by atoms with Crippen molar-refractivity contribution in [2.24, 2.45) is 0 Å². The quantitative estimate of drug-likeness (QED) is 0.609. The van der Waals surface area contributed by atoms with Gasteiger partial charge >= 0.3 is 0 Å². The van der Waals surface area contributed by atoms with E-state index >= 15 is 0 Å². The van der Waals surface area contributed by atoms with E-state index in [-0.39, 0.29) is 5.78 Å². The lowest BCUT2D eigenvalue weighted by atomic mass is 9.94. The summed E-state index contributed by atoms with van der Waals surface area (Å²) in [5.41, 5.74) is 4.92.